The van der Waals surface area contributed by atoms with Gasteiger partial charge in [0.2, 0.25) is 5.91 Å². The topological polar surface area (TPSA) is 41.6 Å². The van der Waals surface area contributed by atoms with Crippen LogP contribution in [0.3, 0.4) is 0 Å². The number of hydrogen-bond acceptors (Lipinski definition) is 3. The molecule has 1 N–H and O–H groups in total. The van der Waals surface area contributed by atoms with E-state index in [9.17, 15) is 13.6 Å². The fraction of sp³-hybridized carbons (Fsp3) is 0.611. The highest BCUT2D eigenvalue weighted by atomic mass is 19.3. The molecule has 0 aromatic heterocycles. The molecule has 1 saturated heterocycles. The predicted molar refractivity (Wildman–Crippen MR) is 89.3 cm³/mol. The number of ether oxygens (including phenoxy) is 1. The summed E-state index contributed by atoms with van der Waals surface area (Å²) in [6.45, 7) is 1.30. The third-order valence-electron chi connectivity index (χ3n) is 4.21. The highest BCUT2D eigenvalue weighted by Crippen LogP contribution is 2.15. The first-order valence-corrected chi connectivity index (χ1v) is 8.66. The molecule has 0 bridgehead atoms. The van der Waals surface area contributed by atoms with Gasteiger partial charge in [-0.25, -0.2) is 0 Å². The number of carbonyl (C=O) groups excluding carboxylic acids is 1. The fourth-order valence-electron chi connectivity index (χ4n) is 2.90. The number of likely N-dealkylation sites (tertiary alicyclic amines) is 1. The van der Waals surface area contributed by atoms with Crippen LogP contribution in [-0.2, 0) is 11.2 Å². The third kappa shape index (κ3) is 7.25. The van der Waals surface area contributed by atoms with Gasteiger partial charge in [-0.3, -0.25) is 4.79 Å². The fourth-order valence-corrected chi connectivity index (χ4v) is 2.90. The Bertz CT molecular complexity index is 488. The van der Waals surface area contributed by atoms with E-state index < -0.39 is 6.61 Å². The van der Waals surface area contributed by atoms with Crippen molar-refractivity contribution < 1.29 is 18.3 Å². The zero-order chi connectivity index (χ0) is 17.2. The first kappa shape index (κ1) is 18.6. The number of amides is 1. The number of nitrogens with one attached hydrogen (secondary N) is 1. The second kappa shape index (κ2) is 10.2. The van der Waals surface area contributed by atoms with Crippen LogP contribution in [0.4, 0.5) is 8.78 Å². The summed E-state index contributed by atoms with van der Waals surface area (Å²) in [6, 6.07) is 6.42. The lowest BCUT2D eigenvalue weighted by molar-refractivity contribution is -0.121. The van der Waals surface area contributed by atoms with E-state index in [1.165, 1.54) is 44.5 Å². The lowest BCUT2D eigenvalue weighted by Crippen LogP contribution is -2.33. The number of benzene rings is 1. The maximum absolute atomic E-state index is 12.1. The summed E-state index contributed by atoms with van der Waals surface area (Å²) in [5.74, 6) is 0.164. The number of piperidine rings is 1. The molecule has 0 radical (unpaired) electrons. The van der Waals surface area contributed by atoms with Crippen molar-refractivity contribution in [1.82, 2.24) is 10.2 Å². The number of aryl methyl sites for hydroxylation is 1. The molecule has 0 spiro atoms. The lowest BCUT2D eigenvalue weighted by Gasteiger charge is -2.26. The van der Waals surface area contributed by atoms with Gasteiger partial charge < -0.3 is 15.0 Å². The van der Waals surface area contributed by atoms with Crippen LogP contribution < -0.4 is 10.1 Å². The Morgan fingerprint density at radius 2 is 1.88 bits per heavy atom. The standard InChI is InChI=1S/C18H26F2N2O2/c19-18(20)24-16-8-5-15(6-9-16)7-10-17(23)21-11-4-14-22-12-2-1-3-13-22/h5-6,8-9,18H,1-4,7,10-14H2,(H,21,23). The smallest absolute Gasteiger partial charge is 0.387 e. The maximum Gasteiger partial charge on any atom is 0.387 e. The summed E-state index contributed by atoms with van der Waals surface area (Å²) in [5.41, 5.74) is 0.931. The van der Waals surface area contributed by atoms with E-state index in [1.54, 1.807) is 12.1 Å². The van der Waals surface area contributed by atoms with Crippen molar-refractivity contribution in [1.29, 1.82) is 0 Å². The van der Waals surface area contributed by atoms with E-state index in [-0.39, 0.29) is 11.7 Å². The number of halogens is 2. The van der Waals surface area contributed by atoms with Crippen molar-refractivity contribution in [3.8, 4) is 5.75 Å². The molecule has 1 aromatic rings. The Balaban J connectivity index is 1.57. The Hall–Kier alpha value is -1.69. The molecular weight excluding hydrogens is 314 g/mol. The summed E-state index contributed by atoms with van der Waals surface area (Å²) < 4.78 is 28.4. The molecule has 4 nitrogen and oxygen atoms in total. The third-order valence-corrected chi connectivity index (χ3v) is 4.21. The molecule has 1 fully saturated rings. The van der Waals surface area contributed by atoms with Crippen molar-refractivity contribution in [3.05, 3.63) is 29.8 Å². The molecule has 134 valence electrons. The van der Waals surface area contributed by atoms with Gasteiger partial charge >= 0.3 is 6.61 Å². The largest absolute Gasteiger partial charge is 0.435 e. The number of carbonyl (C=O) groups is 1. The minimum Gasteiger partial charge on any atom is -0.435 e. The van der Waals surface area contributed by atoms with Gasteiger partial charge in [-0.05, 0) is 63.0 Å². The van der Waals surface area contributed by atoms with E-state index in [4.69, 9.17) is 0 Å². The zero-order valence-corrected chi connectivity index (χ0v) is 14.0. The lowest BCUT2D eigenvalue weighted by atomic mass is 10.1. The van der Waals surface area contributed by atoms with Crippen molar-refractivity contribution in [3.63, 3.8) is 0 Å². The Morgan fingerprint density at radius 3 is 2.54 bits per heavy atom. The molecular formula is C18H26F2N2O2. The number of alkyl halides is 2. The second-order valence-corrected chi connectivity index (χ2v) is 6.13. The monoisotopic (exact) mass is 340 g/mol. The average Bonchev–Trinajstić information content (AvgIpc) is 2.58. The normalized spacial score (nSPS) is 15.5. The molecule has 2 rings (SSSR count). The van der Waals surface area contributed by atoms with Crippen LogP contribution in [0.25, 0.3) is 0 Å². The van der Waals surface area contributed by atoms with Gasteiger partial charge in [0.05, 0.1) is 0 Å². The molecule has 0 saturated carbocycles. The van der Waals surface area contributed by atoms with Crippen molar-refractivity contribution in [2.45, 2.75) is 45.1 Å². The van der Waals surface area contributed by atoms with E-state index >= 15 is 0 Å². The Kier molecular flexibility index (Phi) is 7.95. The zero-order valence-electron chi connectivity index (χ0n) is 14.0. The molecule has 6 heteroatoms. The molecule has 1 heterocycles. The summed E-state index contributed by atoms with van der Waals surface area (Å²) in [4.78, 5) is 14.3. The molecule has 0 aliphatic carbocycles. The summed E-state index contributed by atoms with van der Waals surface area (Å²) in [7, 11) is 0. The van der Waals surface area contributed by atoms with Crippen molar-refractivity contribution >= 4 is 5.91 Å². The summed E-state index contributed by atoms with van der Waals surface area (Å²) in [5, 5.41) is 2.94. The average molecular weight is 340 g/mol. The second-order valence-electron chi connectivity index (χ2n) is 6.13. The van der Waals surface area contributed by atoms with Gasteiger partial charge in [-0.2, -0.15) is 8.78 Å². The number of rotatable bonds is 9. The van der Waals surface area contributed by atoms with Gasteiger partial charge in [-0.1, -0.05) is 18.6 Å². The van der Waals surface area contributed by atoms with Crippen molar-refractivity contribution in [2.24, 2.45) is 0 Å². The van der Waals surface area contributed by atoms with Crippen LogP contribution >= 0.6 is 0 Å². The molecule has 0 atom stereocenters. The SMILES string of the molecule is O=C(CCc1ccc(OC(F)F)cc1)NCCCN1CCCCC1. The highest BCUT2D eigenvalue weighted by molar-refractivity contribution is 5.76. The van der Waals surface area contributed by atoms with Crippen LogP contribution in [0.5, 0.6) is 5.75 Å². The van der Waals surface area contributed by atoms with E-state index in [0.717, 1.165) is 18.5 Å². The minimum absolute atomic E-state index is 0.0292. The molecule has 1 aliphatic heterocycles. The minimum atomic E-state index is -2.81. The van der Waals surface area contributed by atoms with Crippen LogP contribution in [0.2, 0.25) is 0 Å². The Labute approximate surface area is 142 Å². The molecule has 1 aliphatic rings. The molecule has 1 amide bonds. The van der Waals surface area contributed by atoms with Gasteiger partial charge in [0.1, 0.15) is 5.75 Å². The van der Waals surface area contributed by atoms with E-state index in [0.29, 0.717) is 19.4 Å². The van der Waals surface area contributed by atoms with E-state index in [1.807, 2.05) is 0 Å². The van der Waals surface area contributed by atoms with Crippen LogP contribution in [-0.4, -0.2) is 43.6 Å². The Morgan fingerprint density at radius 1 is 1.17 bits per heavy atom. The predicted octanol–water partition coefficient (Wildman–Crippen LogP) is 3.21. The molecule has 1 aromatic carbocycles. The van der Waals surface area contributed by atoms with Gasteiger partial charge in [0.15, 0.2) is 0 Å². The van der Waals surface area contributed by atoms with Crippen LogP contribution in [0.15, 0.2) is 24.3 Å². The van der Waals surface area contributed by atoms with Crippen molar-refractivity contribution in [2.75, 3.05) is 26.2 Å². The van der Waals surface area contributed by atoms with Gasteiger partial charge in [-0.15, -0.1) is 0 Å². The summed E-state index contributed by atoms with van der Waals surface area (Å²) >= 11 is 0. The van der Waals surface area contributed by atoms with Gasteiger partial charge in [0.25, 0.3) is 0 Å². The highest BCUT2D eigenvalue weighted by Gasteiger charge is 2.09. The van der Waals surface area contributed by atoms with Gasteiger partial charge in [0, 0.05) is 13.0 Å². The number of nitrogens with zero attached hydrogens (tertiary/aromatic N) is 1. The maximum atomic E-state index is 12.1. The first-order valence-electron chi connectivity index (χ1n) is 8.66. The molecule has 0 unspecified atom stereocenters. The van der Waals surface area contributed by atoms with Crippen LogP contribution in [0, 0.1) is 0 Å². The summed E-state index contributed by atoms with van der Waals surface area (Å²) in [6.07, 6.45) is 5.88. The van der Waals surface area contributed by atoms with Crippen LogP contribution in [0.1, 0.15) is 37.7 Å². The quantitative estimate of drug-likeness (QED) is 0.702. The number of hydrogen-bond donors (Lipinski definition) is 1. The molecule has 24 heavy (non-hydrogen) atoms. The first-order chi connectivity index (χ1) is 11.6. The van der Waals surface area contributed by atoms with E-state index in [2.05, 4.69) is 15.0 Å².